The molecule has 1 saturated heterocycles. The Morgan fingerprint density at radius 1 is 1.19 bits per heavy atom. The summed E-state index contributed by atoms with van der Waals surface area (Å²) >= 11 is 5.91. The summed E-state index contributed by atoms with van der Waals surface area (Å²) in [6.45, 7) is 4.51. The lowest BCUT2D eigenvalue weighted by Gasteiger charge is -2.27. The van der Waals surface area contributed by atoms with Gasteiger partial charge in [0, 0.05) is 44.0 Å². The van der Waals surface area contributed by atoms with Crippen LogP contribution < -0.4 is 5.32 Å². The van der Waals surface area contributed by atoms with E-state index in [9.17, 15) is 9.59 Å². The number of hydrogen-bond donors (Lipinski definition) is 1. The Hall–Kier alpha value is -1.96. The van der Waals surface area contributed by atoms with Crippen LogP contribution >= 0.6 is 11.6 Å². The predicted octanol–water partition coefficient (Wildman–Crippen LogP) is 1.11. The fraction of sp³-hybridized carbons (Fsp3) is 0.500. The molecule has 3 rings (SSSR count). The summed E-state index contributed by atoms with van der Waals surface area (Å²) in [4.78, 5) is 26.5. The van der Waals surface area contributed by atoms with E-state index in [1.54, 1.807) is 12.1 Å². The molecule has 0 saturated carbocycles. The van der Waals surface area contributed by atoms with Gasteiger partial charge in [-0.1, -0.05) is 23.7 Å². The summed E-state index contributed by atoms with van der Waals surface area (Å²) in [6, 6.07) is 7.33. The quantitative estimate of drug-likeness (QED) is 0.804. The summed E-state index contributed by atoms with van der Waals surface area (Å²) in [5.74, 6) is -0.334. The minimum atomic E-state index is -0.201. The van der Waals surface area contributed by atoms with E-state index in [2.05, 4.69) is 15.3 Å². The van der Waals surface area contributed by atoms with E-state index in [0.29, 0.717) is 24.4 Å². The molecule has 2 aliphatic heterocycles. The van der Waals surface area contributed by atoms with E-state index < -0.39 is 0 Å². The van der Waals surface area contributed by atoms with Crippen molar-refractivity contribution in [3.63, 3.8) is 0 Å². The van der Waals surface area contributed by atoms with Crippen LogP contribution in [0.5, 0.6) is 0 Å². The molecule has 2 heterocycles. The van der Waals surface area contributed by atoms with Gasteiger partial charge in [0.1, 0.15) is 6.54 Å². The van der Waals surface area contributed by atoms with Gasteiger partial charge in [-0.25, -0.2) is 5.01 Å². The lowest BCUT2D eigenvalue weighted by Crippen LogP contribution is -2.44. The average molecular weight is 379 g/mol. The van der Waals surface area contributed by atoms with Gasteiger partial charge in [-0.2, -0.15) is 5.10 Å². The molecule has 0 atom stereocenters. The number of rotatable bonds is 6. The molecule has 0 unspecified atom stereocenters. The zero-order valence-electron chi connectivity index (χ0n) is 14.6. The number of amides is 2. The maximum absolute atomic E-state index is 12.2. The molecule has 1 N–H and O–H groups in total. The van der Waals surface area contributed by atoms with Crippen LogP contribution in [0.3, 0.4) is 0 Å². The Labute approximate surface area is 157 Å². The van der Waals surface area contributed by atoms with E-state index in [1.165, 1.54) is 5.01 Å². The SMILES string of the molecule is O=C(CN1N=C(c2ccc(Cl)cc2)CCC1=O)NCCN1CCOCC1. The number of hydrazone groups is 1. The molecule has 1 fully saturated rings. The molecule has 1 aromatic rings. The topological polar surface area (TPSA) is 74.2 Å². The van der Waals surface area contributed by atoms with Gasteiger partial charge in [-0.05, 0) is 17.7 Å². The van der Waals surface area contributed by atoms with E-state index in [1.807, 2.05) is 12.1 Å². The highest BCUT2D eigenvalue weighted by Gasteiger charge is 2.23. The van der Waals surface area contributed by atoms with Gasteiger partial charge in [-0.15, -0.1) is 0 Å². The van der Waals surface area contributed by atoms with Crippen LogP contribution in [0.2, 0.25) is 5.02 Å². The highest BCUT2D eigenvalue weighted by molar-refractivity contribution is 6.30. The summed E-state index contributed by atoms with van der Waals surface area (Å²) in [6.07, 6.45) is 0.915. The molecule has 140 valence electrons. The fourth-order valence-corrected chi connectivity index (χ4v) is 3.07. The molecule has 1 aromatic carbocycles. The normalized spacial score (nSPS) is 18.6. The van der Waals surface area contributed by atoms with Gasteiger partial charge in [0.05, 0.1) is 18.9 Å². The predicted molar refractivity (Wildman–Crippen MR) is 99.2 cm³/mol. The van der Waals surface area contributed by atoms with Crippen molar-refractivity contribution < 1.29 is 14.3 Å². The standard InChI is InChI=1S/C18H23ClN4O3/c19-15-3-1-14(2-4-15)16-5-6-18(25)23(21-16)13-17(24)20-7-8-22-9-11-26-12-10-22/h1-4H,5-13H2,(H,20,24). The first-order valence-corrected chi connectivity index (χ1v) is 9.20. The Morgan fingerprint density at radius 3 is 2.65 bits per heavy atom. The molecule has 26 heavy (non-hydrogen) atoms. The maximum Gasteiger partial charge on any atom is 0.243 e. The van der Waals surface area contributed by atoms with Crippen molar-refractivity contribution in [2.24, 2.45) is 5.10 Å². The molecular weight excluding hydrogens is 356 g/mol. The van der Waals surface area contributed by atoms with Crippen molar-refractivity contribution in [3.8, 4) is 0 Å². The number of morpholine rings is 1. The Morgan fingerprint density at radius 2 is 1.92 bits per heavy atom. The summed E-state index contributed by atoms with van der Waals surface area (Å²) in [5, 5.41) is 9.14. The van der Waals surface area contributed by atoms with E-state index in [0.717, 1.165) is 44.1 Å². The van der Waals surface area contributed by atoms with Gasteiger partial charge >= 0.3 is 0 Å². The van der Waals surface area contributed by atoms with Gasteiger partial charge < -0.3 is 10.1 Å². The van der Waals surface area contributed by atoms with Gasteiger partial charge in [0.25, 0.3) is 0 Å². The number of nitrogens with one attached hydrogen (secondary N) is 1. The van der Waals surface area contributed by atoms with Crippen LogP contribution in [-0.2, 0) is 14.3 Å². The third-order valence-electron chi connectivity index (χ3n) is 4.43. The van der Waals surface area contributed by atoms with Crippen LogP contribution in [-0.4, -0.2) is 73.4 Å². The average Bonchev–Trinajstić information content (AvgIpc) is 2.65. The number of nitrogens with zero attached hydrogens (tertiary/aromatic N) is 3. The van der Waals surface area contributed by atoms with Crippen molar-refractivity contribution in [2.45, 2.75) is 12.8 Å². The van der Waals surface area contributed by atoms with Gasteiger partial charge in [0.2, 0.25) is 11.8 Å². The number of hydrogen-bond acceptors (Lipinski definition) is 5. The van der Waals surface area contributed by atoms with Crippen molar-refractivity contribution in [1.29, 1.82) is 0 Å². The van der Waals surface area contributed by atoms with E-state index in [4.69, 9.17) is 16.3 Å². The second kappa shape index (κ2) is 9.12. The Bertz CT molecular complexity index is 672. The largest absolute Gasteiger partial charge is 0.379 e. The third kappa shape index (κ3) is 5.27. The first-order chi connectivity index (χ1) is 12.6. The first kappa shape index (κ1) is 18.8. The summed E-state index contributed by atoms with van der Waals surface area (Å²) in [7, 11) is 0. The lowest BCUT2D eigenvalue weighted by molar-refractivity contribution is -0.136. The molecular formula is C18H23ClN4O3. The zero-order valence-corrected chi connectivity index (χ0v) is 15.4. The molecule has 2 amide bonds. The number of halogens is 1. The minimum absolute atomic E-state index is 0.0565. The zero-order chi connectivity index (χ0) is 18.4. The molecule has 8 heteroatoms. The van der Waals surface area contributed by atoms with Crippen LogP contribution in [0.4, 0.5) is 0 Å². The summed E-state index contributed by atoms with van der Waals surface area (Å²) < 4.78 is 5.30. The van der Waals surface area contributed by atoms with Crippen molar-refractivity contribution >= 4 is 29.1 Å². The van der Waals surface area contributed by atoms with Gasteiger partial charge in [-0.3, -0.25) is 14.5 Å². The van der Waals surface area contributed by atoms with Crippen LogP contribution in [0.1, 0.15) is 18.4 Å². The van der Waals surface area contributed by atoms with E-state index in [-0.39, 0.29) is 18.4 Å². The lowest BCUT2D eigenvalue weighted by atomic mass is 10.0. The Kier molecular flexibility index (Phi) is 6.60. The summed E-state index contributed by atoms with van der Waals surface area (Å²) in [5.41, 5.74) is 1.71. The second-order valence-corrected chi connectivity index (χ2v) is 6.75. The molecule has 7 nitrogen and oxygen atoms in total. The van der Waals surface area contributed by atoms with Crippen molar-refractivity contribution in [3.05, 3.63) is 34.9 Å². The molecule has 0 aromatic heterocycles. The molecule has 0 spiro atoms. The molecule has 2 aliphatic rings. The highest BCUT2D eigenvalue weighted by atomic mass is 35.5. The first-order valence-electron chi connectivity index (χ1n) is 8.82. The minimum Gasteiger partial charge on any atom is -0.379 e. The van der Waals surface area contributed by atoms with Crippen molar-refractivity contribution in [2.75, 3.05) is 45.9 Å². The fourth-order valence-electron chi connectivity index (χ4n) is 2.94. The van der Waals surface area contributed by atoms with Crippen LogP contribution in [0.25, 0.3) is 0 Å². The van der Waals surface area contributed by atoms with E-state index >= 15 is 0 Å². The van der Waals surface area contributed by atoms with Crippen LogP contribution in [0.15, 0.2) is 29.4 Å². The third-order valence-corrected chi connectivity index (χ3v) is 4.68. The molecule has 0 bridgehead atoms. The smallest absolute Gasteiger partial charge is 0.243 e. The van der Waals surface area contributed by atoms with Crippen LogP contribution in [0, 0.1) is 0 Å². The number of carbonyl (C=O) groups excluding carboxylic acids is 2. The second-order valence-electron chi connectivity index (χ2n) is 6.31. The number of ether oxygens (including phenoxy) is 1. The monoisotopic (exact) mass is 378 g/mol. The number of benzene rings is 1. The number of carbonyl (C=O) groups is 2. The maximum atomic E-state index is 12.2. The highest BCUT2D eigenvalue weighted by Crippen LogP contribution is 2.17. The van der Waals surface area contributed by atoms with Crippen molar-refractivity contribution in [1.82, 2.24) is 15.2 Å². The molecule has 0 aliphatic carbocycles. The Balaban J connectivity index is 1.51. The molecule has 0 radical (unpaired) electrons. The van der Waals surface area contributed by atoms with Gasteiger partial charge in [0.15, 0.2) is 0 Å².